The number of aryl methyl sites for hydroxylation is 1. The summed E-state index contributed by atoms with van der Waals surface area (Å²) in [6.45, 7) is 1.97. The third-order valence-corrected chi connectivity index (χ3v) is 8.64. The van der Waals surface area contributed by atoms with Crippen molar-refractivity contribution in [1.82, 2.24) is 15.2 Å². The van der Waals surface area contributed by atoms with Gasteiger partial charge in [-0.05, 0) is 82.6 Å². The minimum atomic E-state index is -0.304. The van der Waals surface area contributed by atoms with Crippen LogP contribution in [0.15, 0.2) is 54.4 Å². The van der Waals surface area contributed by atoms with Crippen molar-refractivity contribution in [2.45, 2.75) is 51.1 Å². The third kappa shape index (κ3) is 4.35. The standard InChI is InChI=1S/C29H31N5O3S/c1-17-16-19(37-18-8-5-4-6-9-18)12-13-21(17)34-23-14-15-30-28-24(23)25(32-29(34)36)26(38-28)27(35)31-20-10-7-11-22(20)33(2)3/h4-5,8,12-16,20,22H,6-7,9-11H2,1-3H3,(H,31,35)(H,32,36)/t20-,22-/m1/s1. The predicted octanol–water partition coefficient (Wildman–Crippen LogP) is 6.11. The second-order valence-electron chi connectivity index (χ2n) is 10.3. The van der Waals surface area contributed by atoms with Crippen molar-refractivity contribution in [3.8, 4) is 5.75 Å². The molecule has 38 heavy (non-hydrogen) atoms. The highest BCUT2D eigenvalue weighted by Gasteiger charge is 2.35. The first-order valence-electron chi connectivity index (χ1n) is 13.0. The maximum absolute atomic E-state index is 13.5. The Hall–Kier alpha value is -3.69. The number of aromatic nitrogens is 1. The minimum absolute atomic E-state index is 0.0851. The fraction of sp³-hybridized carbons (Fsp3) is 0.345. The fourth-order valence-corrected chi connectivity index (χ4v) is 6.73. The Morgan fingerprint density at radius 3 is 2.87 bits per heavy atom. The van der Waals surface area contributed by atoms with Crippen LogP contribution in [0.4, 0.5) is 21.9 Å². The molecule has 3 heterocycles. The van der Waals surface area contributed by atoms with Gasteiger partial charge in [0.1, 0.15) is 21.2 Å². The Morgan fingerprint density at radius 1 is 1.24 bits per heavy atom. The van der Waals surface area contributed by atoms with E-state index in [1.165, 1.54) is 11.3 Å². The van der Waals surface area contributed by atoms with E-state index in [0.717, 1.165) is 65.1 Å². The number of allylic oxidation sites excluding steroid dienone is 4. The second kappa shape index (κ2) is 9.89. The van der Waals surface area contributed by atoms with Gasteiger partial charge in [0.25, 0.3) is 5.91 Å². The number of rotatable bonds is 6. The van der Waals surface area contributed by atoms with E-state index < -0.39 is 0 Å². The Bertz CT molecular complexity index is 1490. The lowest BCUT2D eigenvalue weighted by Gasteiger charge is -2.30. The van der Waals surface area contributed by atoms with Crippen molar-refractivity contribution < 1.29 is 14.3 Å². The van der Waals surface area contributed by atoms with Crippen molar-refractivity contribution in [3.05, 3.63) is 64.9 Å². The van der Waals surface area contributed by atoms with Crippen molar-refractivity contribution in [2.24, 2.45) is 0 Å². The molecule has 9 heteroatoms. The summed E-state index contributed by atoms with van der Waals surface area (Å²) in [5.41, 5.74) is 2.92. The molecule has 6 rings (SSSR count). The van der Waals surface area contributed by atoms with Crippen molar-refractivity contribution >= 4 is 50.6 Å². The number of carbonyl (C=O) groups is 2. The van der Waals surface area contributed by atoms with Gasteiger partial charge in [-0.2, -0.15) is 0 Å². The van der Waals surface area contributed by atoms with Crippen LogP contribution in [-0.2, 0) is 0 Å². The molecule has 3 aromatic rings. The van der Waals surface area contributed by atoms with E-state index in [1.54, 1.807) is 11.1 Å². The van der Waals surface area contributed by atoms with Gasteiger partial charge in [0.05, 0.1) is 22.4 Å². The zero-order chi connectivity index (χ0) is 26.4. The molecule has 0 saturated heterocycles. The number of benzene rings is 1. The van der Waals surface area contributed by atoms with E-state index in [1.807, 2.05) is 43.3 Å². The summed E-state index contributed by atoms with van der Waals surface area (Å²) >= 11 is 1.32. The van der Waals surface area contributed by atoms with Gasteiger partial charge in [0.2, 0.25) is 0 Å². The first kappa shape index (κ1) is 24.6. The zero-order valence-electron chi connectivity index (χ0n) is 21.8. The number of nitrogens with zero attached hydrogens (tertiary/aromatic N) is 3. The maximum atomic E-state index is 13.5. The number of carbonyl (C=O) groups excluding carboxylic acids is 2. The summed E-state index contributed by atoms with van der Waals surface area (Å²) in [5.74, 6) is 1.50. The van der Waals surface area contributed by atoms with E-state index >= 15 is 0 Å². The predicted molar refractivity (Wildman–Crippen MR) is 152 cm³/mol. The normalized spacial score (nSPS) is 20.6. The lowest BCUT2D eigenvalue weighted by molar-refractivity contribution is 0.0924. The topological polar surface area (TPSA) is 86.8 Å². The number of urea groups is 1. The number of hydrogen-bond acceptors (Lipinski definition) is 6. The molecule has 3 amide bonds. The first-order chi connectivity index (χ1) is 18.4. The molecule has 1 aliphatic heterocycles. The Morgan fingerprint density at radius 2 is 2.11 bits per heavy atom. The molecule has 1 fully saturated rings. The van der Waals surface area contributed by atoms with Crippen LogP contribution in [0.1, 0.15) is 47.3 Å². The number of pyridine rings is 1. The quantitative estimate of drug-likeness (QED) is 0.402. The summed E-state index contributed by atoms with van der Waals surface area (Å²) in [7, 11) is 4.10. The molecular weight excluding hydrogens is 498 g/mol. The molecule has 0 spiro atoms. The molecule has 2 aromatic heterocycles. The third-order valence-electron chi connectivity index (χ3n) is 7.55. The van der Waals surface area contributed by atoms with Crippen LogP contribution in [0.5, 0.6) is 5.75 Å². The van der Waals surface area contributed by atoms with Gasteiger partial charge in [-0.15, -0.1) is 11.3 Å². The van der Waals surface area contributed by atoms with Gasteiger partial charge in [-0.25, -0.2) is 9.78 Å². The number of amides is 3. The fourth-order valence-electron chi connectivity index (χ4n) is 5.70. The Balaban J connectivity index is 1.32. The first-order valence-corrected chi connectivity index (χ1v) is 13.9. The van der Waals surface area contributed by atoms with Crippen LogP contribution in [0.2, 0.25) is 0 Å². The van der Waals surface area contributed by atoms with Crippen molar-refractivity contribution in [2.75, 3.05) is 24.3 Å². The van der Waals surface area contributed by atoms with E-state index in [0.29, 0.717) is 22.3 Å². The highest BCUT2D eigenvalue weighted by atomic mass is 32.1. The molecule has 8 nitrogen and oxygen atoms in total. The molecule has 1 aromatic carbocycles. The smallest absolute Gasteiger partial charge is 0.331 e. The van der Waals surface area contributed by atoms with Crippen LogP contribution in [0, 0.1) is 6.92 Å². The van der Waals surface area contributed by atoms with Crippen LogP contribution in [-0.4, -0.2) is 48.0 Å². The van der Waals surface area contributed by atoms with Crippen molar-refractivity contribution in [3.63, 3.8) is 0 Å². The van der Waals surface area contributed by atoms with E-state index in [-0.39, 0.29) is 18.0 Å². The Labute approximate surface area is 226 Å². The van der Waals surface area contributed by atoms with Crippen molar-refractivity contribution in [1.29, 1.82) is 0 Å². The molecule has 3 aliphatic rings. The summed E-state index contributed by atoms with van der Waals surface area (Å²) in [4.78, 5) is 36.5. The van der Waals surface area contributed by atoms with E-state index in [2.05, 4.69) is 40.7 Å². The number of nitrogens with one attached hydrogen (secondary N) is 2. The Kier molecular flexibility index (Phi) is 6.41. The average molecular weight is 530 g/mol. The largest absolute Gasteiger partial charge is 0.462 e. The van der Waals surface area contributed by atoms with Crippen LogP contribution < -0.4 is 20.3 Å². The van der Waals surface area contributed by atoms with Crippen LogP contribution in [0.25, 0.3) is 10.2 Å². The van der Waals surface area contributed by atoms with Gasteiger partial charge >= 0.3 is 6.03 Å². The molecule has 2 atom stereocenters. The highest BCUT2D eigenvalue weighted by Crippen LogP contribution is 2.46. The summed E-state index contributed by atoms with van der Waals surface area (Å²) in [6, 6.07) is 7.67. The summed E-state index contributed by atoms with van der Waals surface area (Å²) in [6.07, 6.45) is 12.7. The number of thiophene rings is 1. The number of ether oxygens (including phenoxy) is 1. The maximum Gasteiger partial charge on any atom is 0.331 e. The lowest BCUT2D eigenvalue weighted by Crippen LogP contribution is -2.46. The van der Waals surface area contributed by atoms with Gasteiger partial charge in [-0.3, -0.25) is 9.69 Å². The summed E-state index contributed by atoms with van der Waals surface area (Å²) < 4.78 is 6.06. The minimum Gasteiger partial charge on any atom is -0.462 e. The lowest BCUT2D eigenvalue weighted by atomic mass is 10.1. The molecule has 2 N–H and O–H groups in total. The summed E-state index contributed by atoms with van der Waals surface area (Å²) in [5, 5.41) is 7.02. The SMILES string of the molecule is Cc1cc(OC2=CC=CCC2)ccc1N1C(=O)Nc2c(C(=O)N[C@@H]3CCC[C@H]3N(C)C)sc3nccc1c23. The van der Waals surface area contributed by atoms with Gasteiger partial charge in [0.15, 0.2) is 0 Å². The molecule has 196 valence electrons. The van der Waals surface area contributed by atoms with E-state index in [9.17, 15) is 9.59 Å². The zero-order valence-corrected chi connectivity index (χ0v) is 22.6. The number of likely N-dealkylation sites (N-methyl/N-ethyl adjacent to an activating group) is 1. The van der Waals surface area contributed by atoms with Gasteiger partial charge in [-0.1, -0.05) is 12.2 Å². The molecule has 0 bridgehead atoms. The molecule has 1 saturated carbocycles. The number of anilines is 3. The van der Waals surface area contributed by atoms with Crippen LogP contribution in [0.3, 0.4) is 0 Å². The highest BCUT2D eigenvalue weighted by molar-refractivity contribution is 7.21. The number of hydrogen-bond donors (Lipinski definition) is 2. The second-order valence-corrected chi connectivity index (χ2v) is 11.3. The molecule has 0 radical (unpaired) electrons. The van der Waals surface area contributed by atoms with E-state index in [4.69, 9.17) is 4.74 Å². The van der Waals surface area contributed by atoms with Crippen LogP contribution >= 0.6 is 11.3 Å². The average Bonchev–Trinajstić information content (AvgIpc) is 3.51. The molecular formula is C29H31N5O3S. The van der Waals surface area contributed by atoms with Gasteiger partial charge in [0, 0.05) is 24.7 Å². The molecule has 2 aliphatic carbocycles. The molecule has 0 unspecified atom stereocenters. The van der Waals surface area contributed by atoms with Gasteiger partial charge < -0.3 is 20.3 Å². The monoisotopic (exact) mass is 529 g/mol.